The largest absolute Gasteiger partial charge is 0.486 e. The molecule has 0 spiro atoms. The predicted octanol–water partition coefficient (Wildman–Crippen LogP) is 1.75. The minimum atomic E-state index is -0.531. The van der Waals surface area contributed by atoms with Gasteiger partial charge in [0.25, 0.3) is 0 Å². The molecule has 0 saturated carbocycles. The highest BCUT2D eigenvalue weighted by Crippen LogP contribution is 2.32. The lowest BCUT2D eigenvalue weighted by Crippen LogP contribution is -2.36. The highest BCUT2D eigenvalue weighted by atomic mass is 32.2. The summed E-state index contributed by atoms with van der Waals surface area (Å²) in [5.41, 5.74) is 0.802. The molecule has 2 aromatic carbocycles. The molecule has 1 aromatic heterocycles. The monoisotopic (exact) mass is 386 g/mol. The Morgan fingerprint density at radius 1 is 1.11 bits per heavy atom. The summed E-state index contributed by atoms with van der Waals surface area (Å²) in [6.07, 6.45) is 0. The van der Waals surface area contributed by atoms with Crippen LogP contribution in [-0.2, 0) is 4.79 Å². The Morgan fingerprint density at radius 3 is 2.70 bits per heavy atom. The maximum Gasteiger partial charge on any atom is 0.442 e. The number of para-hydroxylation sites is 1. The molecule has 27 heavy (non-hydrogen) atoms. The van der Waals surface area contributed by atoms with E-state index in [0.29, 0.717) is 35.4 Å². The second-order valence-electron chi connectivity index (χ2n) is 5.65. The van der Waals surface area contributed by atoms with E-state index in [4.69, 9.17) is 14.0 Å². The van der Waals surface area contributed by atoms with Gasteiger partial charge in [-0.1, -0.05) is 18.2 Å². The van der Waals surface area contributed by atoms with Gasteiger partial charge >= 0.3 is 10.7 Å². The molecule has 0 radical (unpaired) electrons. The first kappa shape index (κ1) is 17.2. The van der Waals surface area contributed by atoms with Crippen LogP contribution in [0.25, 0.3) is 5.69 Å². The highest BCUT2D eigenvalue weighted by molar-refractivity contribution is 7.99. The standard InChI is InChI=1S/C18H15N3O5S/c22-16(19-12-6-7-14-15(10-12)25-9-8-24-14)11-27-17-18(23)26-20-21(17)13-4-2-1-3-5-13/h1-7,10H,8-9,11H2,(H-,19,20,22,23)/p+1. The lowest BCUT2D eigenvalue weighted by Gasteiger charge is -2.18. The molecule has 2 N–H and O–H groups in total. The summed E-state index contributed by atoms with van der Waals surface area (Å²) in [5.74, 6) is 1.04. The number of anilines is 1. The second-order valence-corrected chi connectivity index (χ2v) is 6.62. The van der Waals surface area contributed by atoms with Gasteiger partial charge in [-0.15, -0.1) is 0 Å². The third-order valence-electron chi connectivity index (χ3n) is 3.79. The number of nitrogens with zero attached hydrogens (tertiary/aromatic N) is 1. The zero-order valence-corrected chi connectivity index (χ0v) is 15.0. The van der Waals surface area contributed by atoms with E-state index < -0.39 is 5.63 Å². The number of aromatic nitrogens is 2. The zero-order chi connectivity index (χ0) is 18.6. The summed E-state index contributed by atoms with van der Waals surface area (Å²) in [7, 11) is 0. The van der Waals surface area contributed by atoms with E-state index in [1.54, 1.807) is 18.2 Å². The number of thioether (sulfide) groups is 1. The van der Waals surface area contributed by atoms with Crippen LogP contribution in [0, 0.1) is 0 Å². The number of carbonyl (C=O) groups excluding carboxylic acids is 1. The van der Waals surface area contributed by atoms with Crippen molar-refractivity contribution in [2.24, 2.45) is 0 Å². The third-order valence-corrected chi connectivity index (χ3v) is 4.82. The summed E-state index contributed by atoms with van der Waals surface area (Å²) in [6, 6.07) is 14.4. The molecule has 0 saturated heterocycles. The molecule has 0 unspecified atom stereocenters. The molecule has 0 bridgehead atoms. The van der Waals surface area contributed by atoms with Crippen molar-refractivity contribution >= 4 is 23.4 Å². The highest BCUT2D eigenvalue weighted by Gasteiger charge is 2.24. The molecule has 0 atom stereocenters. The Labute approximate surface area is 158 Å². The predicted molar refractivity (Wildman–Crippen MR) is 97.6 cm³/mol. The Kier molecular flexibility index (Phi) is 4.84. The summed E-state index contributed by atoms with van der Waals surface area (Å²) in [4.78, 5) is 24.2. The molecule has 1 aliphatic heterocycles. The first-order valence-corrected chi connectivity index (χ1v) is 9.20. The van der Waals surface area contributed by atoms with Crippen LogP contribution < -0.4 is 25.1 Å². The number of aromatic amines is 1. The fourth-order valence-corrected chi connectivity index (χ4v) is 3.36. The van der Waals surface area contributed by atoms with Crippen molar-refractivity contribution in [3.05, 3.63) is 59.0 Å². The summed E-state index contributed by atoms with van der Waals surface area (Å²) in [5, 5.41) is 5.62. The van der Waals surface area contributed by atoms with Gasteiger partial charge in [-0.2, -0.15) is 0 Å². The van der Waals surface area contributed by atoms with Gasteiger partial charge in [0.15, 0.2) is 11.5 Å². The number of benzene rings is 2. The average Bonchev–Trinajstić information content (AvgIpc) is 3.07. The van der Waals surface area contributed by atoms with Gasteiger partial charge in [-0.3, -0.25) is 9.32 Å². The van der Waals surface area contributed by atoms with E-state index in [-0.39, 0.29) is 11.7 Å². The molecule has 3 aromatic rings. The molecule has 0 fully saturated rings. The maximum atomic E-state index is 12.3. The van der Waals surface area contributed by atoms with Gasteiger partial charge in [0.2, 0.25) is 11.6 Å². The summed E-state index contributed by atoms with van der Waals surface area (Å²) < 4.78 is 17.3. The fourth-order valence-electron chi connectivity index (χ4n) is 2.59. The van der Waals surface area contributed by atoms with Crippen LogP contribution in [0.5, 0.6) is 11.5 Å². The van der Waals surface area contributed by atoms with Crippen LogP contribution in [-0.4, -0.2) is 30.1 Å². The van der Waals surface area contributed by atoms with Crippen LogP contribution in [0.3, 0.4) is 0 Å². The van der Waals surface area contributed by atoms with Crippen LogP contribution in [0.1, 0.15) is 0 Å². The molecular formula is C18H16N3O5S+. The quantitative estimate of drug-likeness (QED) is 0.512. The number of rotatable bonds is 5. The van der Waals surface area contributed by atoms with Gasteiger partial charge in [0, 0.05) is 23.9 Å². The van der Waals surface area contributed by atoms with E-state index in [0.717, 1.165) is 17.4 Å². The number of H-pyrrole nitrogens is 1. The smallest absolute Gasteiger partial charge is 0.442 e. The van der Waals surface area contributed by atoms with Gasteiger partial charge < -0.3 is 14.8 Å². The number of fused-ring (bicyclic) bond motifs is 1. The van der Waals surface area contributed by atoms with Crippen molar-refractivity contribution < 1.29 is 23.5 Å². The second kappa shape index (κ2) is 7.58. The lowest BCUT2D eigenvalue weighted by molar-refractivity contribution is -0.704. The van der Waals surface area contributed by atoms with Crippen molar-refractivity contribution in [2.75, 3.05) is 24.3 Å². The van der Waals surface area contributed by atoms with Gasteiger partial charge in [0.1, 0.15) is 13.2 Å². The maximum absolute atomic E-state index is 12.3. The Hall–Kier alpha value is -3.20. The molecule has 1 aliphatic rings. The first-order chi connectivity index (χ1) is 13.2. The van der Waals surface area contributed by atoms with Crippen LogP contribution >= 0.6 is 11.8 Å². The van der Waals surface area contributed by atoms with E-state index >= 15 is 0 Å². The number of nitrogens with one attached hydrogen (secondary N) is 2. The summed E-state index contributed by atoms with van der Waals surface area (Å²) >= 11 is 1.09. The zero-order valence-electron chi connectivity index (χ0n) is 14.1. The number of amides is 1. The van der Waals surface area contributed by atoms with Crippen molar-refractivity contribution in [3.63, 3.8) is 0 Å². The average molecular weight is 386 g/mol. The minimum absolute atomic E-state index is 0.0455. The number of hydrogen-bond acceptors (Lipinski definition) is 6. The fraction of sp³-hybridized carbons (Fsp3) is 0.167. The van der Waals surface area contributed by atoms with E-state index in [2.05, 4.69) is 10.6 Å². The van der Waals surface area contributed by atoms with Crippen molar-refractivity contribution in [1.82, 2.24) is 5.27 Å². The lowest BCUT2D eigenvalue weighted by atomic mass is 10.2. The normalized spacial score (nSPS) is 12.6. The Balaban J connectivity index is 1.43. The van der Waals surface area contributed by atoms with Crippen molar-refractivity contribution in [1.29, 1.82) is 0 Å². The minimum Gasteiger partial charge on any atom is -0.486 e. The molecule has 2 heterocycles. The molecule has 9 heteroatoms. The number of carbonyl (C=O) groups is 1. The van der Waals surface area contributed by atoms with Crippen LogP contribution in [0.15, 0.2) is 62.9 Å². The first-order valence-electron chi connectivity index (χ1n) is 8.22. The van der Waals surface area contributed by atoms with Gasteiger partial charge in [-0.05, 0) is 33.8 Å². The van der Waals surface area contributed by atoms with Crippen molar-refractivity contribution in [3.8, 4) is 17.2 Å². The van der Waals surface area contributed by atoms with Crippen molar-refractivity contribution in [2.45, 2.75) is 5.03 Å². The van der Waals surface area contributed by atoms with E-state index in [1.165, 1.54) is 4.68 Å². The number of ether oxygens (including phenoxy) is 2. The van der Waals surface area contributed by atoms with Crippen LogP contribution in [0.4, 0.5) is 5.69 Å². The van der Waals surface area contributed by atoms with Gasteiger partial charge in [-0.25, -0.2) is 4.79 Å². The molecular weight excluding hydrogens is 370 g/mol. The molecule has 1 amide bonds. The SMILES string of the molecule is O=C(CSc1c(=O)o[nH][n+]1-c1ccccc1)Nc1ccc2c(c1)OCCO2. The molecule has 4 rings (SSSR count). The van der Waals surface area contributed by atoms with Crippen LogP contribution in [0.2, 0.25) is 0 Å². The molecule has 138 valence electrons. The van der Waals surface area contributed by atoms with E-state index in [9.17, 15) is 9.59 Å². The third kappa shape index (κ3) is 3.82. The Morgan fingerprint density at radius 2 is 1.89 bits per heavy atom. The molecule has 0 aliphatic carbocycles. The van der Waals surface area contributed by atoms with E-state index in [1.807, 2.05) is 30.3 Å². The summed E-state index contributed by atoms with van der Waals surface area (Å²) in [6.45, 7) is 0.985. The van der Waals surface area contributed by atoms with Gasteiger partial charge in [0.05, 0.1) is 5.75 Å². The Bertz CT molecular complexity index is 1020. The molecule has 8 nitrogen and oxygen atoms in total. The number of hydrogen-bond donors (Lipinski definition) is 2. The topological polar surface area (TPSA) is 97.4 Å².